The van der Waals surface area contributed by atoms with Gasteiger partial charge in [-0.25, -0.2) is 4.98 Å². The number of methoxy groups -OCH3 is 2. The average molecular weight is 500 g/mol. The van der Waals surface area contributed by atoms with Crippen LogP contribution in [0, 0.1) is 0 Å². The van der Waals surface area contributed by atoms with Gasteiger partial charge in [-0.3, -0.25) is 4.57 Å². The zero-order valence-corrected chi connectivity index (χ0v) is 21.2. The Morgan fingerprint density at radius 1 is 0.778 bits per heavy atom. The monoisotopic (exact) mass is 499 g/mol. The number of imidazole rings is 1. The Bertz CT molecular complexity index is 1080. The summed E-state index contributed by atoms with van der Waals surface area (Å²) in [5.41, 5.74) is 1.37. The van der Waals surface area contributed by atoms with E-state index in [1.54, 1.807) is 23.0 Å². The SMILES string of the molecule is CC.COc1cc(-c2cn(-c3nc(N4CCOCC4)nc(N4CCOCC4)n3)cn2)cc(OC)c1O. The normalized spacial score (nSPS) is 15.8. The van der Waals surface area contributed by atoms with Gasteiger partial charge in [0.1, 0.15) is 6.33 Å². The third kappa shape index (κ3) is 5.44. The molecule has 5 rings (SSSR count). The molecule has 0 aliphatic carbocycles. The highest BCUT2D eigenvalue weighted by atomic mass is 16.5. The quantitative estimate of drug-likeness (QED) is 0.537. The van der Waals surface area contributed by atoms with E-state index in [0.717, 1.165) is 5.56 Å². The van der Waals surface area contributed by atoms with Gasteiger partial charge in [0, 0.05) is 37.9 Å². The first kappa shape index (κ1) is 25.5. The summed E-state index contributed by atoms with van der Waals surface area (Å²) >= 11 is 0. The Morgan fingerprint density at radius 3 is 1.72 bits per heavy atom. The first-order chi connectivity index (χ1) is 17.7. The molecule has 0 atom stereocenters. The molecular formula is C24H33N7O5. The predicted octanol–water partition coefficient (Wildman–Crippen LogP) is 2.15. The van der Waals surface area contributed by atoms with Crippen LogP contribution in [0.3, 0.4) is 0 Å². The molecule has 0 radical (unpaired) electrons. The van der Waals surface area contributed by atoms with E-state index in [0.29, 0.717) is 87.6 Å². The lowest BCUT2D eigenvalue weighted by Crippen LogP contribution is -2.40. The highest BCUT2D eigenvalue weighted by molar-refractivity contribution is 5.68. The van der Waals surface area contributed by atoms with Crippen LogP contribution in [0.5, 0.6) is 17.2 Å². The summed E-state index contributed by atoms with van der Waals surface area (Å²) < 4.78 is 23.3. The average Bonchev–Trinajstić information content (AvgIpc) is 3.45. The van der Waals surface area contributed by atoms with E-state index >= 15 is 0 Å². The fourth-order valence-electron chi connectivity index (χ4n) is 3.89. The van der Waals surface area contributed by atoms with E-state index in [1.807, 2.05) is 20.0 Å². The van der Waals surface area contributed by atoms with E-state index in [2.05, 4.69) is 14.8 Å². The van der Waals surface area contributed by atoms with Crippen molar-refractivity contribution in [2.24, 2.45) is 0 Å². The van der Waals surface area contributed by atoms with E-state index in [4.69, 9.17) is 33.9 Å². The molecule has 2 aromatic heterocycles. The van der Waals surface area contributed by atoms with E-state index in [1.165, 1.54) is 14.2 Å². The maximum absolute atomic E-state index is 10.2. The van der Waals surface area contributed by atoms with Gasteiger partial charge >= 0.3 is 0 Å². The molecule has 4 heterocycles. The number of rotatable bonds is 6. The molecule has 0 spiro atoms. The molecule has 194 valence electrons. The number of ether oxygens (including phenoxy) is 4. The van der Waals surface area contributed by atoms with Gasteiger partial charge in [-0.15, -0.1) is 0 Å². The minimum absolute atomic E-state index is 0.0593. The van der Waals surface area contributed by atoms with Gasteiger partial charge in [0.2, 0.25) is 23.6 Å². The van der Waals surface area contributed by atoms with Crippen LogP contribution >= 0.6 is 0 Å². The molecule has 2 aliphatic heterocycles. The maximum Gasteiger partial charge on any atom is 0.241 e. The second-order valence-electron chi connectivity index (χ2n) is 7.83. The summed E-state index contributed by atoms with van der Waals surface area (Å²) in [5, 5.41) is 10.2. The molecular weight excluding hydrogens is 466 g/mol. The Balaban J connectivity index is 0.00000148. The molecule has 1 aromatic carbocycles. The molecule has 12 heteroatoms. The van der Waals surface area contributed by atoms with Crippen molar-refractivity contribution < 1.29 is 24.1 Å². The van der Waals surface area contributed by atoms with E-state index in [-0.39, 0.29) is 5.75 Å². The number of nitrogens with zero attached hydrogens (tertiary/aromatic N) is 7. The summed E-state index contributed by atoms with van der Waals surface area (Å²) in [5.74, 6) is 2.22. The van der Waals surface area contributed by atoms with E-state index in [9.17, 15) is 5.11 Å². The fraction of sp³-hybridized carbons (Fsp3) is 0.500. The Morgan fingerprint density at radius 2 is 1.25 bits per heavy atom. The number of hydrogen-bond donors (Lipinski definition) is 1. The third-order valence-electron chi connectivity index (χ3n) is 5.78. The number of aromatic hydroxyl groups is 1. The van der Waals surface area contributed by atoms with Crippen LogP contribution in [0.15, 0.2) is 24.7 Å². The number of aromatic nitrogens is 5. The number of benzene rings is 1. The van der Waals surface area contributed by atoms with Gasteiger partial charge in [0.05, 0.1) is 46.3 Å². The van der Waals surface area contributed by atoms with Crippen molar-refractivity contribution in [2.75, 3.05) is 76.6 Å². The highest BCUT2D eigenvalue weighted by Gasteiger charge is 2.22. The van der Waals surface area contributed by atoms with Crippen molar-refractivity contribution in [1.82, 2.24) is 24.5 Å². The summed E-state index contributed by atoms with van der Waals surface area (Å²) in [6, 6.07) is 3.41. The molecule has 36 heavy (non-hydrogen) atoms. The predicted molar refractivity (Wildman–Crippen MR) is 135 cm³/mol. The second kappa shape index (κ2) is 11.9. The largest absolute Gasteiger partial charge is 0.502 e. The number of phenolic OH excluding ortho intramolecular Hbond substituents is 1. The van der Waals surface area contributed by atoms with Crippen molar-refractivity contribution >= 4 is 11.9 Å². The number of anilines is 2. The van der Waals surface area contributed by atoms with Crippen molar-refractivity contribution in [3.8, 4) is 34.5 Å². The smallest absolute Gasteiger partial charge is 0.241 e. The van der Waals surface area contributed by atoms with Gasteiger partial charge < -0.3 is 33.9 Å². The van der Waals surface area contributed by atoms with Crippen molar-refractivity contribution in [1.29, 1.82) is 0 Å². The number of hydrogen-bond acceptors (Lipinski definition) is 11. The lowest BCUT2D eigenvalue weighted by Gasteiger charge is -2.30. The molecule has 2 fully saturated rings. The van der Waals surface area contributed by atoms with Gasteiger partial charge in [-0.05, 0) is 12.1 Å². The fourth-order valence-corrected chi connectivity index (χ4v) is 3.89. The van der Waals surface area contributed by atoms with Crippen LogP contribution in [-0.4, -0.2) is 96.4 Å². The lowest BCUT2D eigenvalue weighted by molar-refractivity contribution is 0.121. The van der Waals surface area contributed by atoms with Gasteiger partial charge in [0.15, 0.2) is 11.5 Å². The zero-order valence-electron chi connectivity index (χ0n) is 21.2. The topological polar surface area (TPSA) is 120 Å². The highest BCUT2D eigenvalue weighted by Crippen LogP contribution is 2.40. The molecule has 1 N–H and O–H groups in total. The summed E-state index contributed by atoms with van der Waals surface area (Å²) in [4.78, 5) is 23.0. The maximum atomic E-state index is 10.2. The minimum Gasteiger partial charge on any atom is -0.502 e. The first-order valence-electron chi connectivity index (χ1n) is 12.1. The number of phenols is 1. The van der Waals surface area contributed by atoms with Crippen LogP contribution in [0.25, 0.3) is 17.2 Å². The molecule has 2 saturated heterocycles. The van der Waals surface area contributed by atoms with Crippen molar-refractivity contribution in [3.05, 3.63) is 24.7 Å². The summed E-state index contributed by atoms with van der Waals surface area (Å²) in [6.07, 6.45) is 3.48. The van der Waals surface area contributed by atoms with E-state index < -0.39 is 0 Å². The molecule has 3 aromatic rings. The molecule has 0 bridgehead atoms. The van der Waals surface area contributed by atoms with Gasteiger partial charge in [-0.1, -0.05) is 13.8 Å². The molecule has 2 aliphatic rings. The van der Waals surface area contributed by atoms with Crippen molar-refractivity contribution in [2.45, 2.75) is 13.8 Å². The number of morpholine rings is 2. The summed E-state index contributed by atoms with van der Waals surface area (Å²) in [6.45, 7) is 9.40. The zero-order chi connectivity index (χ0) is 25.5. The van der Waals surface area contributed by atoms with Gasteiger partial charge in [-0.2, -0.15) is 15.0 Å². The van der Waals surface area contributed by atoms with Crippen LogP contribution in [-0.2, 0) is 9.47 Å². The van der Waals surface area contributed by atoms with Crippen LogP contribution in [0.4, 0.5) is 11.9 Å². The molecule has 12 nitrogen and oxygen atoms in total. The Kier molecular flexibility index (Phi) is 8.39. The first-order valence-corrected chi connectivity index (χ1v) is 12.1. The van der Waals surface area contributed by atoms with Crippen LogP contribution in [0.1, 0.15) is 13.8 Å². The minimum atomic E-state index is -0.0593. The van der Waals surface area contributed by atoms with Gasteiger partial charge in [0.25, 0.3) is 0 Å². The Labute approximate surface area is 210 Å². The molecule has 0 saturated carbocycles. The third-order valence-corrected chi connectivity index (χ3v) is 5.78. The molecule has 0 unspecified atom stereocenters. The lowest BCUT2D eigenvalue weighted by atomic mass is 10.1. The summed E-state index contributed by atoms with van der Waals surface area (Å²) in [7, 11) is 2.98. The molecule has 0 amide bonds. The standard InChI is InChI=1S/C22H27N7O5.C2H6/c1-31-17-11-15(12-18(32-2)19(17)30)16-13-29(14-23-16)22-25-20(27-3-7-33-8-4-27)24-21(26-22)28-5-9-34-10-6-28;1-2/h11-14,30H,3-10H2,1-2H3;1-2H3. The van der Waals surface area contributed by atoms with Crippen molar-refractivity contribution in [3.63, 3.8) is 0 Å². The van der Waals surface area contributed by atoms with Crippen LogP contribution in [0.2, 0.25) is 0 Å². The Hall–Kier alpha value is -3.64. The second-order valence-corrected chi connectivity index (χ2v) is 7.83. The van der Waals surface area contributed by atoms with Crippen LogP contribution < -0.4 is 19.3 Å².